The first-order chi connectivity index (χ1) is 14.6. The number of halogens is 1. The lowest BCUT2D eigenvalue weighted by Gasteiger charge is -2.37. The van der Waals surface area contributed by atoms with Crippen LogP contribution < -0.4 is 20.4 Å². The van der Waals surface area contributed by atoms with Gasteiger partial charge in [-0.1, -0.05) is 0 Å². The molecule has 8 nitrogen and oxygen atoms in total. The number of nitrogens with one attached hydrogen (secondary N) is 3. The van der Waals surface area contributed by atoms with E-state index in [9.17, 15) is 14.0 Å². The minimum Gasteiger partial charge on any atom is -0.463 e. The van der Waals surface area contributed by atoms with Gasteiger partial charge in [0.25, 0.3) is 0 Å². The first-order valence-corrected chi connectivity index (χ1v) is 10.1. The van der Waals surface area contributed by atoms with Gasteiger partial charge in [0.2, 0.25) is 0 Å². The molecular formula is C21H28FN4O4+. The van der Waals surface area contributed by atoms with Crippen molar-refractivity contribution in [3.05, 3.63) is 54.2 Å². The molecule has 1 atom stereocenters. The van der Waals surface area contributed by atoms with Crippen LogP contribution in [0.15, 0.2) is 47.1 Å². The number of nitrogens with zero attached hydrogens (tertiary/aromatic N) is 1. The second kappa shape index (κ2) is 10.7. The van der Waals surface area contributed by atoms with Crippen LogP contribution in [0.5, 0.6) is 0 Å². The normalized spacial score (nSPS) is 15.6. The summed E-state index contributed by atoms with van der Waals surface area (Å²) in [4.78, 5) is 27.4. The van der Waals surface area contributed by atoms with Crippen molar-refractivity contribution in [2.75, 3.05) is 50.8 Å². The SMILES string of the molecule is O=C(NCCCO)C(=O)NC[C@@H](c1ccco1)[NH+]1CCN(c2ccc(F)cc2)CC1. The predicted molar refractivity (Wildman–Crippen MR) is 108 cm³/mol. The second-order valence-electron chi connectivity index (χ2n) is 7.23. The van der Waals surface area contributed by atoms with Crippen molar-refractivity contribution in [3.63, 3.8) is 0 Å². The fourth-order valence-corrected chi connectivity index (χ4v) is 3.62. The number of hydrogen-bond donors (Lipinski definition) is 4. The van der Waals surface area contributed by atoms with Crippen LogP contribution in [0.4, 0.5) is 10.1 Å². The van der Waals surface area contributed by atoms with Crippen LogP contribution in [0.25, 0.3) is 0 Å². The number of piperazine rings is 1. The third-order valence-electron chi connectivity index (χ3n) is 5.27. The minimum atomic E-state index is -0.710. The standard InChI is InChI=1S/C21H27FN4O4/c22-16-4-6-17(7-5-16)25-9-11-26(12-10-25)18(19-3-1-14-30-19)15-24-21(29)20(28)23-8-2-13-27/h1,3-7,14,18,27H,2,8-13,15H2,(H,23,28)(H,24,29)/p+1/t18-/m0/s1. The third-order valence-corrected chi connectivity index (χ3v) is 5.27. The van der Waals surface area contributed by atoms with Crippen LogP contribution in [0.1, 0.15) is 18.2 Å². The topological polar surface area (TPSA) is 99.2 Å². The Morgan fingerprint density at radius 2 is 1.83 bits per heavy atom. The van der Waals surface area contributed by atoms with Crippen molar-refractivity contribution >= 4 is 17.5 Å². The quantitative estimate of drug-likeness (QED) is 0.341. The van der Waals surface area contributed by atoms with Gasteiger partial charge in [0.1, 0.15) is 5.82 Å². The Balaban J connectivity index is 1.56. The van der Waals surface area contributed by atoms with E-state index in [1.54, 1.807) is 24.5 Å². The Kier molecular flexibility index (Phi) is 7.81. The van der Waals surface area contributed by atoms with Gasteiger partial charge >= 0.3 is 11.8 Å². The first kappa shape index (κ1) is 21.8. The van der Waals surface area contributed by atoms with E-state index in [2.05, 4.69) is 15.5 Å². The summed E-state index contributed by atoms with van der Waals surface area (Å²) in [5.41, 5.74) is 0.984. The number of hydrogen-bond acceptors (Lipinski definition) is 5. The lowest BCUT2D eigenvalue weighted by atomic mass is 10.1. The Morgan fingerprint density at radius 3 is 2.47 bits per heavy atom. The molecule has 1 aromatic heterocycles. The molecule has 2 aromatic rings. The molecule has 0 unspecified atom stereocenters. The number of quaternary nitrogens is 1. The second-order valence-corrected chi connectivity index (χ2v) is 7.23. The molecule has 0 saturated carbocycles. The van der Waals surface area contributed by atoms with E-state index >= 15 is 0 Å². The fourth-order valence-electron chi connectivity index (χ4n) is 3.62. The smallest absolute Gasteiger partial charge is 0.309 e. The molecule has 4 N–H and O–H groups in total. The van der Waals surface area contributed by atoms with E-state index < -0.39 is 11.8 Å². The van der Waals surface area contributed by atoms with E-state index in [-0.39, 0.29) is 31.6 Å². The van der Waals surface area contributed by atoms with Gasteiger partial charge in [0.15, 0.2) is 11.8 Å². The summed E-state index contributed by atoms with van der Waals surface area (Å²) in [6.07, 6.45) is 2.00. The molecular weight excluding hydrogens is 391 g/mol. The molecule has 0 aliphatic carbocycles. The van der Waals surface area contributed by atoms with Gasteiger partial charge in [-0.05, 0) is 42.8 Å². The summed E-state index contributed by atoms with van der Waals surface area (Å²) < 4.78 is 18.8. The molecule has 162 valence electrons. The first-order valence-electron chi connectivity index (χ1n) is 10.1. The van der Waals surface area contributed by atoms with Gasteiger partial charge in [0.05, 0.1) is 39.0 Å². The zero-order valence-electron chi connectivity index (χ0n) is 16.8. The van der Waals surface area contributed by atoms with Crippen molar-refractivity contribution in [2.24, 2.45) is 0 Å². The van der Waals surface area contributed by atoms with E-state index in [4.69, 9.17) is 9.52 Å². The van der Waals surface area contributed by atoms with Crippen molar-refractivity contribution < 1.29 is 28.4 Å². The molecule has 1 aromatic carbocycles. The Morgan fingerprint density at radius 1 is 1.13 bits per heavy atom. The van der Waals surface area contributed by atoms with Gasteiger partial charge in [-0.25, -0.2) is 4.39 Å². The average molecular weight is 419 g/mol. The zero-order valence-corrected chi connectivity index (χ0v) is 16.8. The Labute approximate surface area is 174 Å². The van der Waals surface area contributed by atoms with E-state index in [0.29, 0.717) is 6.42 Å². The number of carbonyl (C=O) groups is 2. The van der Waals surface area contributed by atoms with Crippen LogP contribution in [0.2, 0.25) is 0 Å². The highest BCUT2D eigenvalue weighted by Gasteiger charge is 2.31. The lowest BCUT2D eigenvalue weighted by molar-refractivity contribution is -0.932. The predicted octanol–water partition coefficient (Wildman–Crippen LogP) is -0.520. The van der Waals surface area contributed by atoms with Crippen molar-refractivity contribution in [2.45, 2.75) is 12.5 Å². The van der Waals surface area contributed by atoms with Crippen molar-refractivity contribution in [3.8, 4) is 0 Å². The molecule has 2 heterocycles. The highest BCUT2D eigenvalue weighted by atomic mass is 19.1. The summed E-state index contributed by atoms with van der Waals surface area (Å²) in [5, 5.41) is 13.9. The number of aliphatic hydroxyl groups excluding tert-OH is 1. The van der Waals surface area contributed by atoms with Crippen molar-refractivity contribution in [1.29, 1.82) is 0 Å². The van der Waals surface area contributed by atoms with Gasteiger partial charge in [0, 0.05) is 18.8 Å². The summed E-state index contributed by atoms with van der Waals surface area (Å²) in [5.74, 6) is -0.912. The van der Waals surface area contributed by atoms with Crippen LogP contribution in [-0.4, -0.2) is 62.8 Å². The van der Waals surface area contributed by atoms with Gasteiger partial charge in [-0.15, -0.1) is 0 Å². The number of rotatable bonds is 8. The summed E-state index contributed by atoms with van der Waals surface area (Å²) in [6, 6.07) is 10.0. The van der Waals surface area contributed by atoms with Crippen LogP contribution in [0, 0.1) is 5.82 Å². The van der Waals surface area contributed by atoms with E-state index in [1.165, 1.54) is 17.0 Å². The number of furan rings is 1. The number of carbonyl (C=O) groups excluding carboxylic acids is 2. The highest BCUT2D eigenvalue weighted by molar-refractivity contribution is 6.35. The molecule has 3 rings (SSSR count). The number of amides is 2. The maximum absolute atomic E-state index is 13.2. The Hall–Kier alpha value is -2.91. The molecule has 1 saturated heterocycles. The molecule has 2 amide bonds. The van der Waals surface area contributed by atoms with Crippen LogP contribution >= 0.6 is 0 Å². The van der Waals surface area contributed by atoms with Crippen LogP contribution in [0.3, 0.4) is 0 Å². The minimum absolute atomic E-state index is 0.0459. The summed E-state index contributed by atoms with van der Waals surface area (Å²) in [6.45, 7) is 3.66. The maximum atomic E-state index is 13.2. The molecule has 0 spiro atoms. The number of aliphatic hydroxyl groups is 1. The third kappa shape index (κ3) is 5.80. The van der Waals surface area contributed by atoms with Gasteiger partial charge in [-0.2, -0.15) is 0 Å². The number of anilines is 1. The van der Waals surface area contributed by atoms with E-state index in [0.717, 1.165) is 37.6 Å². The van der Waals surface area contributed by atoms with Crippen LogP contribution in [-0.2, 0) is 9.59 Å². The average Bonchev–Trinajstić information content (AvgIpc) is 3.29. The Bertz CT molecular complexity index is 805. The van der Waals surface area contributed by atoms with E-state index in [1.807, 2.05) is 6.07 Å². The fraction of sp³-hybridized carbons (Fsp3) is 0.429. The molecule has 30 heavy (non-hydrogen) atoms. The molecule has 1 aliphatic rings. The lowest BCUT2D eigenvalue weighted by Crippen LogP contribution is -3.15. The molecule has 9 heteroatoms. The highest BCUT2D eigenvalue weighted by Crippen LogP contribution is 2.16. The molecule has 1 aliphatic heterocycles. The molecule has 1 fully saturated rings. The summed E-state index contributed by atoms with van der Waals surface area (Å²) >= 11 is 0. The summed E-state index contributed by atoms with van der Waals surface area (Å²) in [7, 11) is 0. The number of benzene rings is 1. The maximum Gasteiger partial charge on any atom is 0.309 e. The monoisotopic (exact) mass is 419 g/mol. The largest absolute Gasteiger partial charge is 0.463 e. The molecule has 0 radical (unpaired) electrons. The van der Waals surface area contributed by atoms with Gasteiger partial charge in [-0.3, -0.25) is 9.59 Å². The zero-order chi connectivity index (χ0) is 21.3. The van der Waals surface area contributed by atoms with Gasteiger partial charge < -0.3 is 30.0 Å². The molecule has 0 bridgehead atoms. The van der Waals surface area contributed by atoms with Crippen molar-refractivity contribution in [1.82, 2.24) is 10.6 Å².